The van der Waals surface area contributed by atoms with Gasteiger partial charge in [0, 0.05) is 20.3 Å². The van der Waals surface area contributed by atoms with Crippen molar-refractivity contribution in [3.63, 3.8) is 0 Å². The minimum absolute atomic E-state index is 0.0197. The molecule has 0 bridgehead atoms. The van der Waals surface area contributed by atoms with E-state index in [0.717, 1.165) is 5.56 Å². The Morgan fingerprint density at radius 2 is 2.08 bits per heavy atom. The Morgan fingerprint density at radius 3 is 2.80 bits per heavy atom. The maximum Gasteiger partial charge on any atom is 0.289 e. The second-order valence-electron chi connectivity index (χ2n) is 5.83. The number of rotatable bonds is 4. The molecule has 0 atom stereocenters. The number of fused-ring (bicyclic) bond motifs is 1. The molecule has 3 rings (SSSR count). The first-order chi connectivity index (χ1) is 11.9. The van der Waals surface area contributed by atoms with Crippen molar-refractivity contribution in [2.45, 2.75) is 13.5 Å². The van der Waals surface area contributed by atoms with E-state index in [4.69, 9.17) is 4.42 Å². The van der Waals surface area contributed by atoms with E-state index in [9.17, 15) is 14.0 Å². The lowest BCUT2D eigenvalue weighted by atomic mass is 10.3. The highest BCUT2D eigenvalue weighted by Crippen LogP contribution is 2.14. The van der Waals surface area contributed by atoms with Gasteiger partial charge in [-0.3, -0.25) is 14.0 Å². The number of aromatic nitrogens is 2. The Morgan fingerprint density at radius 1 is 1.32 bits per heavy atom. The summed E-state index contributed by atoms with van der Waals surface area (Å²) >= 11 is 0. The number of aryl methyl sites for hydroxylation is 1. The summed E-state index contributed by atoms with van der Waals surface area (Å²) < 4.78 is 20.9. The minimum atomic E-state index is -0.726. The summed E-state index contributed by atoms with van der Waals surface area (Å²) in [5, 5.41) is 2.54. The Bertz CT molecular complexity index is 958. The molecule has 3 aromatic rings. The third-order valence-corrected chi connectivity index (χ3v) is 3.64. The minimum Gasteiger partial charge on any atom is -0.454 e. The highest BCUT2D eigenvalue weighted by atomic mass is 19.1. The van der Waals surface area contributed by atoms with Gasteiger partial charge in [0.1, 0.15) is 11.4 Å². The van der Waals surface area contributed by atoms with Crippen molar-refractivity contribution in [3.8, 4) is 0 Å². The Kier molecular flexibility index (Phi) is 4.26. The fraction of sp³-hybridized carbons (Fsp3) is 0.235. The lowest BCUT2D eigenvalue weighted by Crippen LogP contribution is -2.24. The van der Waals surface area contributed by atoms with Gasteiger partial charge in [0.25, 0.3) is 11.8 Å². The van der Waals surface area contributed by atoms with Crippen LogP contribution in [0.3, 0.4) is 0 Å². The quantitative estimate of drug-likeness (QED) is 0.785. The number of hydrogen-bond acceptors (Lipinski definition) is 4. The van der Waals surface area contributed by atoms with Crippen molar-refractivity contribution in [2.24, 2.45) is 0 Å². The zero-order valence-corrected chi connectivity index (χ0v) is 14.0. The van der Waals surface area contributed by atoms with Crippen LogP contribution in [0.4, 0.5) is 4.39 Å². The van der Waals surface area contributed by atoms with Crippen LogP contribution in [-0.4, -0.2) is 40.2 Å². The van der Waals surface area contributed by atoms with Gasteiger partial charge in [-0.25, -0.2) is 4.98 Å². The van der Waals surface area contributed by atoms with E-state index in [1.54, 1.807) is 32.3 Å². The molecular formula is C17H17FN4O3. The molecule has 2 amide bonds. The number of amides is 2. The first-order valence-electron chi connectivity index (χ1n) is 7.59. The lowest BCUT2D eigenvalue weighted by Gasteiger charge is -2.06. The van der Waals surface area contributed by atoms with E-state index in [2.05, 4.69) is 10.3 Å². The Balaban J connectivity index is 1.73. The Labute approximate surface area is 143 Å². The molecule has 0 aliphatic carbocycles. The van der Waals surface area contributed by atoms with Gasteiger partial charge in [-0.1, -0.05) is 0 Å². The first kappa shape index (κ1) is 16.7. The highest BCUT2D eigenvalue weighted by Gasteiger charge is 2.20. The van der Waals surface area contributed by atoms with Gasteiger partial charge in [-0.2, -0.15) is 4.39 Å². The van der Waals surface area contributed by atoms with Crippen molar-refractivity contribution >= 4 is 17.5 Å². The highest BCUT2D eigenvalue weighted by molar-refractivity contribution is 5.93. The van der Waals surface area contributed by atoms with Gasteiger partial charge in [-0.15, -0.1) is 0 Å². The molecule has 0 saturated carbocycles. The topological polar surface area (TPSA) is 79.9 Å². The van der Waals surface area contributed by atoms with Crippen molar-refractivity contribution < 1.29 is 18.4 Å². The second kappa shape index (κ2) is 6.39. The number of hydrogen-bond donors (Lipinski definition) is 1. The van der Waals surface area contributed by atoms with Crippen molar-refractivity contribution in [2.75, 3.05) is 14.1 Å². The lowest BCUT2D eigenvalue weighted by molar-refractivity contribution is 0.0794. The van der Waals surface area contributed by atoms with Crippen molar-refractivity contribution in [1.29, 1.82) is 0 Å². The predicted molar refractivity (Wildman–Crippen MR) is 87.8 cm³/mol. The van der Waals surface area contributed by atoms with Crippen LogP contribution in [0.15, 0.2) is 34.9 Å². The van der Waals surface area contributed by atoms with E-state index in [1.807, 2.05) is 6.92 Å². The summed E-state index contributed by atoms with van der Waals surface area (Å²) in [5.74, 6) is -1.10. The van der Waals surface area contributed by atoms with E-state index in [1.165, 1.54) is 21.6 Å². The molecule has 7 nitrogen and oxygen atoms in total. The molecule has 25 heavy (non-hydrogen) atoms. The summed E-state index contributed by atoms with van der Waals surface area (Å²) in [4.78, 5) is 29.4. The fourth-order valence-electron chi connectivity index (χ4n) is 2.32. The van der Waals surface area contributed by atoms with E-state index < -0.39 is 11.9 Å². The number of pyridine rings is 1. The van der Waals surface area contributed by atoms with Crippen LogP contribution in [0.5, 0.6) is 0 Å². The molecule has 0 aromatic carbocycles. The third-order valence-electron chi connectivity index (χ3n) is 3.64. The second-order valence-corrected chi connectivity index (χ2v) is 5.83. The van der Waals surface area contributed by atoms with Crippen LogP contribution in [0.2, 0.25) is 0 Å². The number of carbonyl (C=O) groups is 2. The average molecular weight is 344 g/mol. The number of halogens is 1. The number of imidazole rings is 1. The standard InChI is InChI=1S/C17H17FN4O3/c1-10-6-7-22-13(8-10)20-14(15(22)18)16(23)19-9-11-4-5-12(25-11)17(24)21(2)3/h4-8H,9H2,1-3H3,(H,19,23). The van der Waals surface area contributed by atoms with Crippen LogP contribution in [0, 0.1) is 12.9 Å². The largest absolute Gasteiger partial charge is 0.454 e. The van der Waals surface area contributed by atoms with Crippen LogP contribution >= 0.6 is 0 Å². The summed E-state index contributed by atoms with van der Waals surface area (Å²) in [6.45, 7) is 1.88. The summed E-state index contributed by atoms with van der Waals surface area (Å²) in [6.07, 6.45) is 1.52. The van der Waals surface area contributed by atoms with Crippen molar-refractivity contribution in [3.05, 3.63) is 59.2 Å². The van der Waals surface area contributed by atoms with Gasteiger partial charge >= 0.3 is 0 Å². The van der Waals surface area contributed by atoms with Gasteiger partial charge in [0.2, 0.25) is 5.95 Å². The monoisotopic (exact) mass is 344 g/mol. The molecule has 130 valence electrons. The number of nitrogens with zero attached hydrogens (tertiary/aromatic N) is 3. The summed E-state index contributed by atoms with van der Waals surface area (Å²) in [7, 11) is 3.22. The summed E-state index contributed by atoms with van der Waals surface area (Å²) in [5.41, 5.74) is 0.986. The Hall–Kier alpha value is -3.16. The number of furan rings is 1. The predicted octanol–water partition coefficient (Wildman–Crippen LogP) is 2.01. The molecule has 3 aromatic heterocycles. The van der Waals surface area contributed by atoms with Gasteiger partial charge < -0.3 is 14.6 Å². The molecule has 8 heteroatoms. The summed E-state index contributed by atoms with van der Waals surface area (Å²) in [6, 6.07) is 6.52. The third kappa shape index (κ3) is 3.23. The molecule has 3 heterocycles. The maximum atomic E-state index is 14.3. The molecule has 0 unspecified atom stereocenters. The van der Waals surface area contributed by atoms with Crippen LogP contribution < -0.4 is 5.32 Å². The van der Waals surface area contributed by atoms with Gasteiger partial charge in [-0.05, 0) is 36.8 Å². The first-order valence-corrected chi connectivity index (χ1v) is 7.59. The van der Waals surface area contributed by atoms with Gasteiger partial charge in [0.15, 0.2) is 11.5 Å². The van der Waals surface area contributed by atoms with E-state index in [-0.39, 0.29) is 23.9 Å². The maximum absolute atomic E-state index is 14.3. The SMILES string of the molecule is Cc1ccn2c(F)c(C(=O)NCc3ccc(C(=O)N(C)C)o3)nc2c1. The molecule has 0 fully saturated rings. The normalized spacial score (nSPS) is 10.9. The molecule has 0 radical (unpaired) electrons. The van der Waals surface area contributed by atoms with E-state index in [0.29, 0.717) is 11.4 Å². The zero-order valence-electron chi connectivity index (χ0n) is 14.0. The zero-order chi connectivity index (χ0) is 18.1. The smallest absolute Gasteiger partial charge is 0.289 e. The van der Waals surface area contributed by atoms with Crippen molar-refractivity contribution in [1.82, 2.24) is 19.6 Å². The fourth-order valence-corrected chi connectivity index (χ4v) is 2.32. The molecular weight excluding hydrogens is 327 g/mol. The number of nitrogens with one attached hydrogen (secondary N) is 1. The van der Waals surface area contributed by atoms with E-state index >= 15 is 0 Å². The number of carbonyl (C=O) groups excluding carboxylic acids is 2. The van der Waals surface area contributed by atoms with Crippen LogP contribution in [0.25, 0.3) is 5.65 Å². The van der Waals surface area contributed by atoms with Crippen LogP contribution in [0.1, 0.15) is 32.4 Å². The average Bonchev–Trinajstić information content (AvgIpc) is 3.16. The van der Waals surface area contributed by atoms with Crippen LogP contribution in [-0.2, 0) is 6.54 Å². The molecule has 1 N–H and O–H groups in total. The van der Waals surface area contributed by atoms with Gasteiger partial charge in [0.05, 0.1) is 6.54 Å². The molecule has 0 spiro atoms. The molecule has 0 saturated heterocycles. The molecule has 0 aliphatic heterocycles. The molecule has 0 aliphatic rings.